The minimum atomic E-state index is -0.0608. The number of anilines is 2. The monoisotopic (exact) mass is 404 g/mol. The van der Waals surface area contributed by atoms with Crippen LogP contribution >= 0.6 is 0 Å². The van der Waals surface area contributed by atoms with Crippen LogP contribution in [0, 0.1) is 6.92 Å². The highest BCUT2D eigenvalue weighted by atomic mass is 16.5. The lowest BCUT2D eigenvalue weighted by Crippen LogP contribution is -2.38. The van der Waals surface area contributed by atoms with E-state index in [1.54, 1.807) is 6.20 Å². The van der Waals surface area contributed by atoms with Crippen molar-refractivity contribution in [2.45, 2.75) is 13.3 Å². The lowest BCUT2D eigenvalue weighted by atomic mass is 10.1. The predicted molar refractivity (Wildman–Crippen MR) is 120 cm³/mol. The number of hydrogen-bond donors (Lipinski definition) is 2. The summed E-state index contributed by atoms with van der Waals surface area (Å²) in [5.41, 5.74) is 4.47. The number of aryl methyl sites for hydroxylation is 1. The van der Waals surface area contributed by atoms with Crippen LogP contribution in [-0.4, -0.2) is 55.2 Å². The molecule has 0 unspecified atom stereocenters. The number of benzene rings is 2. The summed E-state index contributed by atoms with van der Waals surface area (Å²) >= 11 is 0. The van der Waals surface area contributed by atoms with Gasteiger partial charge in [0.15, 0.2) is 0 Å². The second kappa shape index (κ2) is 9.69. The Morgan fingerprint density at radius 2 is 1.93 bits per heavy atom. The maximum atomic E-state index is 12.8. The van der Waals surface area contributed by atoms with E-state index in [2.05, 4.69) is 45.6 Å². The molecule has 1 amide bonds. The first-order chi connectivity index (χ1) is 14.7. The van der Waals surface area contributed by atoms with E-state index >= 15 is 0 Å². The fourth-order valence-corrected chi connectivity index (χ4v) is 3.73. The molecule has 2 heterocycles. The smallest absolute Gasteiger partial charge is 0.253 e. The highest BCUT2D eigenvalue weighted by Crippen LogP contribution is 2.27. The van der Waals surface area contributed by atoms with Gasteiger partial charge in [-0.15, -0.1) is 0 Å². The highest BCUT2D eigenvalue weighted by molar-refractivity contribution is 6.02. The Hall–Kier alpha value is -2.96. The zero-order chi connectivity index (χ0) is 20.8. The van der Waals surface area contributed by atoms with Gasteiger partial charge in [-0.2, -0.15) is 0 Å². The molecule has 0 bridgehead atoms. The van der Waals surface area contributed by atoms with Gasteiger partial charge in [-0.25, -0.2) is 0 Å². The lowest BCUT2D eigenvalue weighted by Gasteiger charge is -2.26. The maximum absolute atomic E-state index is 12.8. The van der Waals surface area contributed by atoms with E-state index in [0.717, 1.165) is 61.5 Å². The Bertz CT molecular complexity index is 1020. The molecule has 30 heavy (non-hydrogen) atoms. The van der Waals surface area contributed by atoms with E-state index in [1.165, 1.54) is 5.56 Å². The number of amides is 1. The Labute approximate surface area is 177 Å². The van der Waals surface area contributed by atoms with E-state index in [4.69, 9.17) is 4.74 Å². The van der Waals surface area contributed by atoms with Crippen molar-refractivity contribution in [3.8, 4) is 0 Å². The normalized spacial score (nSPS) is 14.6. The molecule has 1 aliphatic heterocycles. The number of carbonyl (C=O) groups excluding carboxylic acids is 1. The second-order valence-electron chi connectivity index (χ2n) is 7.61. The third-order valence-corrected chi connectivity index (χ3v) is 5.38. The minimum absolute atomic E-state index is 0.0608. The Kier molecular flexibility index (Phi) is 6.57. The maximum Gasteiger partial charge on any atom is 0.253 e. The number of aromatic nitrogens is 1. The van der Waals surface area contributed by atoms with Gasteiger partial charge in [0.2, 0.25) is 0 Å². The Morgan fingerprint density at radius 3 is 2.80 bits per heavy atom. The SMILES string of the molecule is Cc1ccc2c(Nc3ccccc3C(=O)NCCCN3CCOCC3)ccnc2c1. The first kappa shape index (κ1) is 20.3. The fourth-order valence-electron chi connectivity index (χ4n) is 3.73. The summed E-state index contributed by atoms with van der Waals surface area (Å²) < 4.78 is 5.37. The molecular weight excluding hydrogens is 376 g/mol. The van der Waals surface area contributed by atoms with Crippen LogP contribution in [0.3, 0.4) is 0 Å². The summed E-state index contributed by atoms with van der Waals surface area (Å²) in [5, 5.41) is 7.53. The molecule has 4 rings (SSSR count). The van der Waals surface area contributed by atoms with Crippen LogP contribution in [0.15, 0.2) is 54.7 Å². The number of carbonyl (C=O) groups is 1. The second-order valence-corrected chi connectivity index (χ2v) is 7.61. The third-order valence-electron chi connectivity index (χ3n) is 5.38. The zero-order valence-corrected chi connectivity index (χ0v) is 17.4. The number of ether oxygens (including phenoxy) is 1. The third kappa shape index (κ3) is 4.96. The van der Waals surface area contributed by atoms with Gasteiger partial charge in [0.25, 0.3) is 5.91 Å². The van der Waals surface area contributed by atoms with Crippen molar-refractivity contribution in [3.63, 3.8) is 0 Å². The van der Waals surface area contributed by atoms with Crippen LogP contribution in [0.2, 0.25) is 0 Å². The number of nitrogens with one attached hydrogen (secondary N) is 2. The topological polar surface area (TPSA) is 66.5 Å². The van der Waals surface area contributed by atoms with E-state index in [-0.39, 0.29) is 5.91 Å². The molecule has 6 heteroatoms. The fraction of sp³-hybridized carbons (Fsp3) is 0.333. The van der Waals surface area contributed by atoms with E-state index in [0.29, 0.717) is 12.1 Å². The molecule has 0 spiro atoms. The van der Waals surface area contributed by atoms with Crippen molar-refractivity contribution in [3.05, 3.63) is 65.9 Å². The number of nitrogens with zero attached hydrogens (tertiary/aromatic N) is 2. The lowest BCUT2D eigenvalue weighted by molar-refractivity contribution is 0.0374. The predicted octanol–water partition coefficient (Wildman–Crippen LogP) is 3.74. The van der Waals surface area contributed by atoms with Crippen molar-refractivity contribution >= 4 is 28.2 Å². The summed E-state index contributed by atoms with van der Waals surface area (Å²) in [6.07, 6.45) is 2.72. The van der Waals surface area contributed by atoms with Crippen molar-refractivity contribution in [1.29, 1.82) is 0 Å². The highest BCUT2D eigenvalue weighted by Gasteiger charge is 2.13. The first-order valence-electron chi connectivity index (χ1n) is 10.5. The van der Waals surface area contributed by atoms with Gasteiger partial charge >= 0.3 is 0 Å². The van der Waals surface area contributed by atoms with Gasteiger partial charge in [0.1, 0.15) is 0 Å². The van der Waals surface area contributed by atoms with Crippen molar-refractivity contribution < 1.29 is 9.53 Å². The quantitative estimate of drug-likeness (QED) is 0.587. The van der Waals surface area contributed by atoms with Crippen LogP contribution in [-0.2, 0) is 4.74 Å². The molecule has 6 nitrogen and oxygen atoms in total. The standard InChI is InChI=1S/C24H28N4O2/c1-18-7-8-19-22(9-11-25-23(19)17-18)27-21-6-3-2-5-20(21)24(29)26-10-4-12-28-13-15-30-16-14-28/h2-3,5-9,11,17H,4,10,12-16H2,1H3,(H,25,27)(H,26,29). The minimum Gasteiger partial charge on any atom is -0.379 e. The number of hydrogen-bond acceptors (Lipinski definition) is 5. The van der Waals surface area contributed by atoms with Crippen LogP contribution in [0.25, 0.3) is 10.9 Å². The molecule has 156 valence electrons. The Balaban J connectivity index is 1.42. The van der Waals surface area contributed by atoms with Crippen LogP contribution in [0.1, 0.15) is 22.3 Å². The number of rotatable bonds is 7. The van der Waals surface area contributed by atoms with E-state index < -0.39 is 0 Å². The summed E-state index contributed by atoms with van der Waals surface area (Å²) in [6, 6.07) is 15.8. The molecule has 3 aromatic rings. The van der Waals surface area contributed by atoms with E-state index in [1.807, 2.05) is 30.3 Å². The van der Waals surface area contributed by atoms with Crippen LogP contribution in [0.5, 0.6) is 0 Å². The summed E-state index contributed by atoms with van der Waals surface area (Å²) in [4.78, 5) is 19.7. The molecular formula is C24H28N4O2. The van der Waals surface area contributed by atoms with Crippen molar-refractivity contribution in [1.82, 2.24) is 15.2 Å². The first-order valence-corrected chi connectivity index (χ1v) is 10.5. The Morgan fingerprint density at radius 1 is 1.10 bits per heavy atom. The molecule has 0 atom stereocenters. The molecule has 2 aromatic carbocycles. The molecule has 0 saturated carbocycles. The molecule has 0 radical (unpaired) electrons. The largest absolute Gasteiger partial charge is 0.379 e. The average molecular weight is 405 g/mol. The summed E-state index contributed by atoms with van der Waals surface area (Å²) in [6.45, 7) is 7.23. The van der Waals surface area contributed by atoms with Gasteiger partial charge in [-0.05, 0) is 49.7 Å². The van der Waals surface area contributed by atoms with Gasteiger partial charge in [-0.1, -0.05) is 24.3 Å². The van der Waals surface area contributed by atoms with E-state index in [9.17, 15) is 4.79 Å². The summed E-state index contributed by atoms with van der Waals surface area (Å²) in [5.74, 6) is -0.0608. The average Bonchev–Trinajstić information content (AvgIpc) is 2.77. The number of morpholine rings is 1. The van der Waals surface area contributed by atoms with Gasteiger partial charge in [-0.3, -0.25) is 14.7 Å². The molecule has 1 aromatic heterocycles. The van der Waals surface area contributed by atoms with Crippen LogP contribution in [0.4, 0.5) is 11.4 Å². The van der Waals surface area contributed by atoms with Crippen LogP contribution < -0.4 is 10.6 Å². The molecule has 1 aliphatic rings. The van der Waals surface area contributed by atoms with Gasteiger partial charge < -0.3 is 15.4 Å². The molecule has 1 saturated heterocycles. The van der Waals surface area contributed by atoms with Crippen molar-refractivity contribution in [2.24, 2.45) is 0 Å². The molecule has 1 fully saturated rings. The molecule has 2 N–H and O–H groups in total. The molecule has 0 aliphatic carbocycles. The van der Waals surface area contributed by atoms with Gasteiger partial charge in [0, 0.05) is 36.9 Å². The van der Waals surface area contributed by atoms with Gasteiger partial charge in [0.05, 0.1) is 30.0 Å². The summed E-state index contributed by atoms with van der Waals surface area (Å²) in [7, 11) is 0. The number of para-hydroxylation sites is 1. The van der Waals surface area contributed by atoms with Crippen molar-refractivity contribution in [2.75, 3.05) is 44.7 Å². The zero-order valence-electron chi connectivity index (χ0n) is 17.4. The number of pyridine rings is 1. The number of fused-ring (bicyclic) bond motifs is 1.